The molecule has 1 aromatic heterocycles. The van der Waals surface area contributed by atoms with Gasteiger partial charge in [0.05, 0.1) is 6.26 Å². The van der Waals surface area contributed by atoms with Crippen LogP contribution in [0.25, 0.3) is 0 Å². The molecule has 0 aliphatic heterocycles. The van der Waals surface area contributed by atoms with E-state index in [1.54, 1.807) is 6.26 Å². The number of hydrogen-bond donors (Lipinski definition) is 2. The van der Waals surface area contributed by atoms with Gasteiger partial charge in [-0.05, 0) is 66.0 Å². The molecule has 1 atom stereocenters. The number of nitrogens with one attached hydrogen (secondary N) is 1. The molecule has 0 amide bonds. The van der Waals surface area contributed by atoms with Crippen LogP contribution in [0, 0.1) is 6.92 Å². The van der Waals surface area contributed by atoms with Crippen molar-refractivity contribution >= 4 is 27.3 Å². The predicted molar refractivity (Wildman–Crippen MR) is 83.4 cm³/mol. The second-order valence-corrected chi connectivity index (χ2v) is 5.71. The maximum absolute atomic E-state index is 5.87. The molecule has 0 saturated heterocycles. The fourth-order valence-corrected chi connectivity index (χ4v) is 2.43. The summed E-state index contributed by atoms with van der Waals surface area (Å²) in [6.45, 7) is 4.18. The molecule has 1 unspecified atom stereocenters. The number of aryl methyl sites for hydroxylation is 2. The zero-order valence-electron chi connectivity index (χ0n) is 11.2. The number of rotatable bonds is 5. The van der Waals surface area contributed by atoms with Gasteiger partial charge in [0.1, 0.15) is 5.76 Å². The second kappa shape index (κ2) is 6.15. The van der Waals surface area contributed by atoms with Crippen LogP contribution in [0.1, 0.15) is 24.7 Å². The first-order chi connectivity index (χ1) is 9.06. The largest absolute Gasteiger partial charge is 0.469 e. The Hall–Kier alpha value is -1.42. The third-order valence-corrected chi connectivity index (χ3v) is 3.82. The highest BCUT2D eigenvalue weighted by Crippen LogP contribution is 2.28. The van der Waals surface area contributed by atoms with Crippen LogP contribution in [0.3, 0.4) is 0 Å². The molecule has 2 aromatic rings. The van der Waals surface area contributed by atoms with E-state index in [0.29, 0.717) is 6.04 Å². The van der Waals surface area contributed by atoms with E-state index in [4.69, 9.17) is 10.2 Å². The van der Waals surface area contributed by atoms with Gasteiger partial charge in [0.25, 0.3) is 0 Å². The van der Waals surface area contributed by atoms with Crippen LogP contribution in [0.15, 0.2) is 39.4 Å². The van der Waals surface area contributed by atoms with Gasteiger partial charge >= 0.3 is 0 Å². The summed E-state index contributed by atoms with van der Waals surface area (Å²) in [4.78, 5) is 0. The van der Waals surface area contributed by atoms with Gasteiger partial charge in [-0.3, -0.25) is 0 Å². The molecular formula is C15H19BrN2O. The summed E-state index contributed by atoms with van der Waals surface area (Å²) in [7, 11) is 0. The zero-order valence-corrected chi connectivity index (χ0v) is 12.8. The van der Waals surface area contributed by atoms with Crippen molar-refractivity contribution in [2.24, 2.45) is 0 Å². The highest BCUT2D eigenvalue weighted by Gasteiger charge is 2.08. The van der Waals surface area contributed by atoms with Crippen LogP contribution in [0.4, 0.5) is 11.4 Å². The van der Waals surface area contributed by atoms with Crippen LogP contribution in [0.5, 0.6) is 0 Å². The fourth-order valence-electron chi connectivity index (χ4n) is 1.96. The third kappa shape index (κ3) is 3.77. The molecule has 0 fully saturated rings. The first-order valence-electron chi connectivity index (χ1n) is 6.41. The number of anilines is 2. The van der Waals surface area contributed by atoms with Crippen LogP contribution in [-0.4, -0.2) is 6.04 Å². The lowest BCUT2D eigenvalue weighted by molar-refractivity contribution is 0.495. The molecule has 3 nitrogen and oxygen atoms in total. The molecule has 0 radical (unpaired) electrons. The highest BCUT2D eigenvalue weighted by atomic mass is 79.9. The average molecular weight is 323 g/mol. The summed E-state index contributed by atoms with van der Waals surface area (Å²) >= 11 is 3.54. The summed E-state index contributed by atoms with van der Waals surface area (Å²) in [6, 6.07) is 8.31. The maximum atomic E-state index is 5.87. The number of furan rings is 1. The summed E-state index contributed by atoms with van der Waals surface area (Å²) in [5, 5.41) is 3.50. The molecule has 0 aliphatic rings. The van der Waals surface area contributed by atoms with Gasteiger partial charge in [-0.1, -0.05) is 0 Å². The number of halogens is 1. The van der Waals surface area contributed by atoms with Crippen molar-refractivity contribution in [3.63, 3.8) is 0 Å². The van der Waals surface area contributed by atoms with E-state index in [9.17, 15) is 0 Å². The van der Waals surface area contributed by atoms with E-state index in [1.807, 2.05) is 25.1 Å². The van der Waals surface area contributed by atoms with Crippen molar-refractivity contribution in [2.75, 3.05) is 11.1 Å². The Kier molecular flexibility index (Phi) is 4.53. The molecule has 4 heteroatoms. The first kappa shape index (κ1) is 14.0. The molecule has 102 valence electrons. The summed E-state index contributed by atoms with van der Waals surface area (Å²) in [5.74, 6) is 1.03. The molecule has 1 aromatic carbocycles. The molecule has 0 spiro atoms. The van der Waals surface area contributed by atoms with Gasteiger partial charge in [-0.2, -0.15) is 0 Å². The van der Waals surface area contributed by atoms with Crippen LogP contribution in [0.2, 0.25) is 0 Å². The standard InChI is InChI=1S/C15H19BrN2O/c1-10-8-15(13(16)9-14(10)17)18-11(2)5-6-12-4-3-7-19-12/h3-4,7-9,11,18H,5-6,17H2,1-2H3. The SMILES string of the molecule is Cc1cc(NC(C)CCc2ccco2)c(Br)cc1N. The van der Waals surface area contributed by atoms with E-state index >= 15 is 0 Å². The minimum absolute atomic E-state index is 0.365. The summed E-state index contributed by atoms with van der Waals surface area (Å²) in [5.41, 5.74) is 8.85. The topological polar surface area (TPSA) is 51.2 Å². The molecule has 3 N–H and O–H groups in total. The van der Waals surface area contributed by atoms with E-state index in [0.717, 1.165) is 40.0 Å². The van der Waals surface area contributed by atoms with Crippen molar-refractivity contribution in [3.05, 3.63) is 46.3 Å². The minimum atomic E-state index is 0.365. The Morgan fingerprint density at radius 1 is 1.42 bits per heavy atom. The van der Waals surface area contributed by atoms with Crippen molar-refractivity contribution in [1.82, 2.24) is 0 Å². The smallest absolute Gasteiger partial charge is 0.103 e. The van der Waals surface area contributed by atoms with E-state index in [-0.39, 0.29) is 0 Å². The van der Waals surface area contributed by atoms with E-state index in [2.05, 4.69) is 34.2 Å². The Labute approximate surface area is 122 Å². The molecule has 19 heavy (non-hydrogen) atoms. The molecular weight excluding hydrogens is 304 g/mol. The Morgan fingerprint density at radius 2 is 2.21 bits per heavy atom. The van der Waals surface area contributed by atoms with Crippen LogP contribution in [-0.2, 0) is 6.42 Å². The molecule has 0 bridgehead atoms. The van der Waals surface area contributed by atoms with Crippen LogP contribution >= 0.6 is 15.9 Å². The van der Waals surface area contributed by atoms with Gasteiger partial charge in [0.2, 0.25) is 0 Å². The van der Waals surface area contributed by atoms with Crippen molar-refractivity contribution < 1.29 is 4.42 Å². The lowest BCUT2D eigenvalue weighted by atomic mass is 10.1. The highest BCUT2D eigenvalue weighted by molar-refractivity contribution is 9.10. The lowest BCUT2D eigenvalue weighted by Crippen LogP contribution is -2.16. The lowest BCUT2D eigenvalue weighted by Gasteiger charge is -2.17. The van der Waals surface area contributed by atoms with E-state index < -0.39 is 0 Å². The zero-order chi connectivity index (χ0) is 13.8. The molecule has 1 heterocycles. The molecule has 2 rings (SSSR count). The number of benzene rings is 1. The Balaban J connectivity index is 1.95. The van der Waals surface area contributed by atoms with Gasteiger partial charge in [-0.15, -0.1) is 0 Å². The minimum Gasteiger partial charge on any atom is -0.469 e. The second-order valence-electron chi connectivity index (χ2n) is 4.85. The quantitative estimate of drug-likeness (QED) is 0.804. The predicted octanol–water partition coefficient (Wildman–Crippen LogP) is 4.37. The third-order valence-electron chi connectivity index (χ3n) is 3.16. The van der Waals surface area contributed by atoms with Crippen molar-refractivity contribution in [3.8, 4) is 0 Å². The molecule has 0 saturated carbocycles. The Morgan fingerprint density at radius 3 is 2.89 bits per heavy atom. The van der Waals surface area contributed by atoms with Gasteiger partial charge in [0.15, 0.2) is 0 Å². The maximum Gasteiger partial charge on any atom is 0.103 e. The Bertz CT molecular complexity index is 537. The number of hydrogen-bond acceptors (Lipinski definition) is 3. The first-order valence-corrected chi connectivity index (χ1v) is 7.20. The normalized spacial score (nSPS) is 12.4. The van der Waals surface area contributed by atoms with Gasteiger partial charge in [-0.25, -0.2) is 0 Å². The molecule has 0 aliphatic carbocycles. The van der Waals surface area contributed by atoms with Gasteiger partial charge in [0, 0.05) is 28.3 Å². The summed E-state index contributed by atoms with van der Waals surface area (Å²) < 4.78 is 6.34. The summed E-state index contributed by atoms with van der Waals surface area (Å²) in [6.07, 6.45) is 3.67. The fraction of sp³-hybridized carbons (Fsp3) is 0.333. The monoisotopic (exact) mass is 322 g/mol. The number of nitrogen functional groups attached to an aromatic ring is 1. The average Bonchev–Trinajstić information content (AvgIpc) is 2.86. The van der Waals surface area contributed by atoms with Crippen molar-refractivity contribution in [2.45, 2.75) is 32.7 Å². The van der Waals surface area contributed by atoms with Crippen LogP contribution < -0.4 is 11.1 Å². The van der Waals surface area contributed by atoms with Crippen molar-refractivity contribution in [1.29, 1.82) is 0 Å². The number of nitrogens with two attached hydrogens (primary N) is 1. The van der Waals surface area contributed by atoms with Gasteiger partial charge < -0.3 is 15.5 Å². The van der Waals surface area contributed by atoms with E-state index in [1.165, 1.54) is 0 Å².